The van der Waals surface area contributed by atoms with Crippen LogP contribution in [-0.2, 0) is 11.2 Å². The van der Waals surface area contributed by atoms with E-state index in [0.717, 1.165) is 17.7 Å². The molecule has 1 heterocycles. The highest BCUT2D eigenvalue weighted by molar-refractivity contribution is 7.14. The lowest BCUT2D eigenvalue weighted by molar-refractivity contribution is -0.129. The van der Waals surface area contributed by atoms with Crippen LogP contribution in [0.5, 0.6) is 0 Å². The van der Waals surface area contributed by atoms with Crippen LogP contribution in [-0.4, -0.2) is 22.0 Å². The predicted octanol–water partition coefficient (Wildman–Crippen LogP) is 1.96. The van der Waals surface area contributed by atoms with Crippen LogP contribution in [0.3, 0.4) is 0 Å². The normalized spacial score (nSPS) is 11.6. The van der Waals surface area contributed by atoms with Crippen LogP contribution in [0.2, 0.25) is 0 Å². The van der Waals surface area contributed by atoms with E-state index >= 15 is 0 Å². The molecule has 0 aliphatic rings. The minimum atomic E-state index is -1.21. The number of rotatable bonds is 4. The molecule has 5 heteroatoms. The summed E-state index contributed by atoms with van der Waals surface area (Å²) in [6.45, 7) is 2.05. The fraction of sp³-hybridized carbons (Fsp3) is 0.333. The summed E-state index contributed by atoms with van der Waals surface area (Å²) in [6.07, 6.45) is 1.93. The van der Waals surface area contributed by atoms with Crippen LogP contribution >= 0.6 is 11.3 Å². The molecule has 1 aromatic rings. The van der Waals surface area contributed by atoms with Gasteiger partial charge in [0.05, 0.1) is 4.88 Å². The standard InChI is InChI=1S/C9H11NO3S/c1-2-3-6-4-5-7(14-6)8(10-13)9(11)12/h4-5,13H,2-3H2,1H3,(H,11,12). The van der Waals surface area contributed by atoms with E-state index in [1.54, 1.807) is 6.07 Å². The average Bonchev–Trinajstić information content (AvgIpc) is 2.54. The van der Waals surface area contributed by atoms with Gasteiger partial charge in [-0.3, -0.25) is 0 Å². The smallest absolute Gasteiger partial charge is 0.359 e. The van der Waals surface area contributed by atoms with Gasteiger partial charge in [-0.05, 0) is 18.6 Å². The van der Waals surface area contributed by atoms with E-state index < -0.39 is 5.97 Å². The van der Waals surface area contributed by atoms with Gasteiger partial charge >= 0.3 is 5.97 Å². The average molecular weight is 213 g/mol. The van der Waals surface area contributed by atoms with E-state index in [9.17, 15) is 4.79 Å². The second-order valence-corrected chi connectivity index (χ2v) is 3.94. The molecule has 0 bridgehead atoms. The Kier molecular flexibility index (Phi) is 3.64. The van der Waals surface area contributed by atoms with Crippen LogP contribution in [0.15, 0.2) is 17.3 Å². The van der Waals surface area contributed by atoms with Gasteiger partial charge in [-0.25, -0.2) is 4.79 Å². The predicted molar refractivity (Wildman–Crippen MR) is 54.3 cm³/mol. The molecule has 0 unspecified atom stereocenters. The highest BCUT2D eigenvalue weighted by atomic mass is 32.1. The van der Waals surface area contributed by atoms with Gasteiger partial charge < -0.3 is 10.3 Å². The fourth-order valence-corrected chi connectivity index (χ4v) is 2.17. The van der Waals surface area contributed by atoms with E-state index in [4.69, 9.17) is 10.3 Å². The lowest BCUT2D eigenvalue weighted by Gasteiger charge is -1.93. The van der Waals surface area contributed by atoms with E-state index in [1.807, 2.05) is 6.07 Å². The van der Waals surface area contributed by atoms with Gasteiger partial charge in [0.1, 0.15) is 0 Å². The Labute approximate surface area is 85.5 Å². The first-order valence-electron chi connectivity index (χ1n) is 4.23. The molecule has 0 aromatic carbocycles. The molecule has 14 heavy (non-hydrogen) atoms. The lowest BCUT2D eigenvalue weighted by Crippen LogP contribution is -2.12. The van der Waals surface area contributed by atoms with Gasteiger partial charge in [0.25, 0.3) is 0 Å². The number of oxime groups is 1. The van der Waals surface area contributed by atoms with Crippen molar-refractivity contribution in [1.29, 1.82) is 0 Å². The van der Waals surface area contributed by atoms with Crippen molar-refractivity contribution in [2.24, 2.45) is 5.16 Å². The number of hydrogen-bond acceptors (Lipinski definition) is 4. The van der Waals surface area contributed by atoms with Gasteiger partial charge in [-0.15, -0.1) is 11.3 Å². The zero-order valence-corrected chi connectivity index (χ0v) is 8.54. The van der Waals surface area contributed by atoms with Crippen molar-refractivity contribution in [2.75, 3.05) is 0 Å². The summed E-state index contributed by atoms with van der Waals surface area (Å²) in [5.74, 6) is -1.21. The number of carboxylic acid groups (broad SMARTS) is 1. The van der Waals surface area contributed by atoms with Crippen molar-refractivity contribution in [2.45, 2.75) is 19.8 Å². The summed E-state index contributed by atoms with van der Waals surface area (Å²) >= 11 is 1.35. The molecule has 1 rings (SSSR count). The maximum absolute atomic E-state index is 10.6. The summed E-state index contributed by atoms with van der Waals surface area (Å²) in [5.41, 5.74) is -0.294. The summed E-state index contributed by atoms with van der Waals surface area (Å²) in [7, 11) is 0. The van der Waals surface area contributed by atoms with Crippen LogP contribution < -0.4 is 0 Å². The van der Waals surface area contributed by atoms with Gasteiger partial charge in [0, 0.05) is 4.88 Å². The van der Waals surface area contributed by atoms with E-state index in [2.05, 4.69) is 12.1 Å². The molecule has 0 amide bonds. The Bertz CT molecular complexity index is 357. The summed E-state index contributed by atoms with van der Waals surface area (Å²) in [6, 6.07) is 3.52. The Hall–Kier alpha value is -1.36. The molecule has 0 radical (unpaired) electrons. The Morgan fingerprint density at radius 2 is 2.29 bits per heavy atom. The van der Waals surface area contributed by atoms with E-state index in [1.165, 1.54) is 11.3 Å². The number of aliphatic carboxylic acids is 1. The first kappa shape index (κ1) is 10.7. The Morgan fingerprint density at radius 1 is 1.57 bits per heavy atom. The van der Waals surface area contributed by atoms with Crippen molar-refractivity contribution >= 4 is 23.0 Å². The molecule has 4 nitrogen and oxygen atoms in total. The van der Waals surface area contributed by atoms with E-state index in [-0.39, 0.29) is 5.71 Å². The molecule has 2 N–H and O–H groups in total. The van der Waals surface area contributed by atoms with Gasteiger partial charge in [-0.2, -0.15) is 0 Å². The summed E-state index contributed by atoms with van der Waals surface area (Å²) in [5, 5.41) is 19.9. The quantitative estimate of drug-likeness (QED) is 0.456. The van der Waals surface area contributed by atoms with Crippen molar-refractivity contribution < 1.29 is 15.1 Å². The van der Waals surface area contributed by atoms with Crippen LogP contribution in [0, 0.1) is 0 Å². The van der Waals surface area contributed by atoms with Crippen molar-refractivity contribution in [3.05, 3.63) is 21.9 Å². The zero-order valence-electron chi connectivity index (χ0n) is 7.73. The molecular formula is C9H11NO3S. The Balaban J connectivity index is 2.90. The topological polar surface area (TPSA) is 69.9 Å². The number of thiophene rings is 1. The summed E-state index contributed by atoms with van der Waals surface area (Å²) < 4.78 is 0. The molecule has 0 aliphatic heterocycles. The Morgan fingerprint density at radius 3 is 2.79 bits per heavy atom. The third kappa shape index (κ3) is 2.32. The van der Waals surface area contributed by atoms with Crippen LogP contribution in [0.25, 0.3) is 0 Å². The number of carbonyl (C=O) groups is 1. The number of aryl methyl sites for hydroxylation is 1. The maximum atomic E-state index is 10.6. The van der Waals surface area contributed by atoms with E-state index in [0.29, 0.717) is 4.88 Å². The highest BCUT2D eigenvalue weighted by Gasteiger charge is 2.15. The third-order valence-corrected chi connectivity index (χ3v) is 2.85. The second-order valence-electron chi connectivity index (χ2n) is 2.77. The number of carboxylic acids is 1. The number of hydrogen-bond donors (Lipinski definition) is 2. The van der Waals surface area contributed by atoms with Gasteiger partial charge in [0.2, 0.25) is 5.71 Å². The fourth-order valence-electron chi connectivity index (χ4n) is 1.08. The zero-order chi connectivity index (χ0) is 10.6. The van der Waals surface area contributed by atoms with Crippen molar-refractivity contribution in [3.8, 4) is 0 Å². The molecule has 0 spiro atoms. The number of nitrogens with zero attached hydrogens (tertiary/aromatic N) is 1. The molecule has 0 aliphatic carbocycles. The maximum Gasteiger partial charge on any atom is 0.359 e. The van der Waals surface area contributed by atoms with Gasteiger partial charge in [-0.1, -0.05) is 18.5 Å². The molecule has 0 saturated heterocycles. The van der Waals surface area contributed by atoms with Gasteiger partial charge in [0.15, 0.2) is 0 Å². The SMILES string of the molecule is CCCc1ccc(C(=NO)C(=O)O)s1. The van der Waals surface area contributed by atoms with Crippen molar-refractivity contribution in [1.82, 2.24) is 0 Å². The van der Waals surface area contributed by atoms with Crippen molar-refractivity contribution in [3.63, 3.8) is 0 Å². The second kappa shape index (κ2) is 4.76. The first-order valence-corrected chi connectivity index (χ1v) is 5.05. The molecule has 0 saturated carbocycles. The minimum Gasteiger partial charge on any atom is -0.476 e. The molecule has 0 fully saturated rings. The molecule has 0 atom stereocenters. The third-order valence-electron chi connectivity index (χ3n) is 1.69. The molecule has 76 valence electrons. The minimum absolute atomic E-state index is 0.294. The lowest BCUT2D eigenvalue weighted by atomic mass is 10.2. The summed E-state index contributed by atoms with van der Waals surface area (Å²) in [4.78, 5) is 12.2. The molecular weight excluding hydrogens is 202 g/mol. The van der Waals surface area contributed by atoms with Crippen LogP contribution in [0.1, 0.15) is 23.1 Å². The highest BCUT2D eigenvalue weighted by Crippen LogP contribution is 2.18. The first-order chi connectivity index (χ1) is 6.69. The largest absolute Gasteiger partial charge is 0.476 e. The monoisotopic (exact) mass is 213 g/mol. The molecule has 1 aromatic heterocycles. The van der Waals surface area contributed by atoms with Crippen LogP contribution in [0.4, 0.5) is 0 Å².